The average Bonchev–Trinajstić information content (AvgIpc) is 3.35. The van der Waals surface area contributed by atoms with E-state index in [1.54, 1.807) is 6.20 Å². The van der Waals surface area contributed by atoms with Crippen LogP contribution in [0.15, 0.2) is 36.7 Å². The van der Waals surface area contributed by atoms with E-state index in [4.69, 9.17) is 4.74 Å². The lowest BCUT2D eigenvalue weighted by Gasteiger charge is -2.30. The molecule has 3 heterocycles. The van der Waals surface area contributed by atoms with Crippen molar-refractivity contribution in [3.8, 4) is 5.75 Å². The van der Waals surface area contributed by atoms with E-state index >= 15 is 0 Å². The second-order valence-corrected chi connectivity index (χ2v) is 8.82. The predicted molar refractivity (Wildman–Crippen MR) is 123 cm³/mol. The van der Waals surface area contributed by atoms with Crippen molar-refractivity contribution < 1.29 is 14.3 Å². The molecule has 2 saturated heterocycles. The van der Waals surface area contributed by atoms with Crippen molar-refractivity contribution in [1.82, 2.24) is 19.4 Å². The Morgan fingerprint density at radius 1 is 1.19 bits per heavy atom. The number of aromatic nitrogens is 2. The molecule has 0 unspecified atom stereocenters. The molecule has 2 fully saturated rings. The highest BCUT2D eigenvalue weighted by atomic mass is 16.5. The molecule has 0 aliphatic carbocycles. The molecule has 0 spiro atoms. The Morgan fingerprint density at radius 3 is 2.81 bits per heavy atom. The van der Waals surface area contributed by atoms with Gasteiger partial charge in [-0.15, -0.1) is 0 Å². The van der Waals surface area contributed by atoms with E-state index in [1.165, 1.54) is 0 Å². The molecule has 0 bridgehead atoms. The van der Waals surface area contributed by atoms with Crippen molar-refractivity contribution in [2.24, 2.45) is 5.92 Å². The number of ether oxygens (including phenoxy) is 1. The van der Waals surface area contributed by atoms with Crippen LogP contribution in [0.1, 0.15) is 55.2 Å². The van der Waals surface area contributed by atoms with Crippen LogP contribution in [0.3, 0.4) is 0 Å². The number of likely N-dealkylation sites (tertiary alicyclic amines) is 2. The Kier molecular flexibility index (Phi) is 7.12. The van der Waals surface area contributed by atoms with Gasteiger partial charge in [0.2, 0.25) is 5.91 Å². The number of benzene rings is 1. The van der Waals surface area contributed by atoms with Crippen LogP contribution in [0, 0.1) is 12.8 Å². The summed E-state index contributed by atoms with van der Waals surface area (Å²) in [5.41, 5.74) is 0.621. The van der Waals surface area contributed by atoms with E-state index in [2.05, 4.69) is 9.55 Å². The van der Waals surface area contributed by atoms with E-state index in [0.29, 0.717) is 36.8 Å². The summed E-state index contributed by atoms with van der Waals surface area (Å²) >= 11 is 0. The topological polar surface area (TPSA) is 67.7 Å². The third-order valence-electron chi connectivity index (χ3n) is 6.77. The summed E-state index contributed by atoms with van der Waals surface area (Å²) in [5.74, 6) is 2.18. The van der Waals surface area contributed by atoms with Crippen molar-refractivity contribution in [1.29, 1.82) is 0 Å². The first kappa shape index (κ1) is 22.4. The minimum absolute atomic E-state index is 0.0239. The summed E-state index contributed by atoms with van der Waals surface area (Å²) in [5, 5.41) is 0. The molecule has 2 aromatic rings. The number of rotatable bonds is 7. The fourth-order valence-corrected chi connectivity index (χ4v) is 5.08. The van der Waals surface area contributed by atoms with Crippen LogP contribution in [0.2, 0.25) is 0 Å². The van der Waals surface area contributed by atoms with Crippen LogP contribution in [0.5, 0.6) is 5.75 Å². The van der Waals surface area contributed by atoms with Crippen LogP contribution in [0.25, 0.3) is 0 Å². The summed E-state index contributed by atoms with van der Waals surface area (Å²) in [7, 11) is 0. The predicted octanol–water partition coefficient (Wildman–Crippen LogP) is 3.52. The lowest BCUT2D eigenvalue weighted by Crippen LogP contribution is -2.44. The molecule has 32 heavy (non-hydrogen) atoms. The first-order valence-corrected chi connectivity index (χ1v) is 11.9. The van der Waals surface area contributed by atoms with Gasteiger partial charge < -0.3 is 19.1 Å². The van der Waals surface area contributed by atoms with Gasteiger partial charge in [-0.2, -0.15) is 0 Å². The quantitative estimate of drug-likeness (QED) is 0.663. The van der Waals surface area contributed by atoms with Crippen molar-refractivity contribution in [2.45, 2.75) is 58.5 Å². The van der Waals surface area contributed by atoms with E-state index in [9.17, 15) is 9.59 Å². The summed E-state index contributed by atoms with van der Waals surface area (Å²) in [6.07, 6.45) is 8.25. The standard InChI is InChI=1S/C25H34N4O3/c1-3-32-23-11-5-4-10-21(23)25(31)29-15-7-6-9-20-17-28(18-22(20)29)24(30)12-8-14-27-16-13-26-19(27)2/h4-5,10-11,13,16,20,22H,3,6-9,12,14-15,17-18H2,1-2H3/t20-,22+/m0/s1. The molecule has 0 radical (unpaired) electrons. The zero-order valence-corrected chi connectivity index (χ0v) is 19.2. The number of imidazole rings is 1. The third-order valence-corrected chi connectivity index (χ3v) is 6.77. The summed E-state index contributed by atoms with van der Waals surface area (Å²) < 4.78 is 7.80. The Bertz CT molecular complexity index is 941. The molecule has 4 rings (SSSR count). The Balaban J connectivity index is 1.41. The summed E-state index contributed by atoms with van der Waals surface area (Å²) in [6, 6.07) is 7.58. The maximum absolute atomic E-state index is 13.5. The van der Waals surface area contributed by atoms with Gasteiger partial charge in [-0.25, -0.2) is 4.98 Å². The van der Waals surface area contributed by atoms with Crippen LogP contribution >= 0.6 is 0 Å². The second-order valence-electron chi connectivity index (χ2n) is 8.82. The number of nitrogens with zero attached hydrogens (tertiary/aromatic N) is 4. The highest BCUT2D eigenvalue weighted by molar-refractivity contribution is 5.97. The number of hydrogen-bond acceptors (Lipinski definition) is 4. The van der Waals surface area contributed by atoms with Crippen LogP contribution in [0.4, 0.5) is 0 Å². The lowest BCUT2D eigenvalue weighted by molar-refractivity contribution is -0.130. The highest BCUT2D eigenvalue weighted by Gasteiger charge is 2.41. The molecule has 2 aliphatic rings. The molecular formula is C25H34N4O3. The molecular weight excluding hydrogens is 404 g/mol. The van der Waals surface area contributed by atoms with E-state index in [1.807, 2.05) is 54.1 Å². The third kappa shape index (κ3) is 4.81. The number of fused-ring (bicyclic) bond motifs is 1. The van der Waals surface area contributed by atoms with Gasteiger partial charge in [0.05, 0.1) is 18.2 Å². The number of para-hydroxylation sites is 1. The monoisotopic (exact) mass is 438 g/mol. The van der Waals surface area contributed by atoms with Crippen LogP contribution in [-0.4, -0.2) is 63.4 Å². The average molecular weight is 439 g/mol. The molecule has 2 atom stereocenters. The van der Waals surface area contributed by atoms with Gasteiger partial charge in [-0.05, 0) is 51.2 Å². The summed E-state index contributed by atoms with van der Waals surface area (Å²) in [4.78, 5) is 34.7. The smallest absolute Gasteiger partial charge is 0.257 e. The largest absolute Gasteiger partial charge is 0.493 e. The first-order valence-electron chi connectivity index (χ1n) is 11.9. The fourth-order valence-electron chi connectivity index (χ4n) is 5.08. The van der Waals surface area contributed by atoms with Gasteiger partial charge in [0.15, 0.2) is 0 Å². The highest BCUT2D eigenvalue weighted by Crippen LogP contribution is 2.32. The van der Waals surface area contributed by atoms with E-state index in [0.717, 1.165) is 51.1 Å². The van der Waals surface area contributed by atoms with Crippen molar-refractivity contribution >= 4 is 11.8 Å². The van der Waals surface area contributed by atoms with Crippen molar-refractivity contribution in [2.75, 3.05) is 26.2 Å². The van der Waals surface area contributed by atoms with Crippen LogP contribution in [-0.2, 0) is 11.3 Å². The van der Waals surface area contributed by atoms with E-state index in [-0.39, 0.29) is 17.9 Å². The van der Waals surface area contributed by atoms with Crippen molar-refractivity contribution in [3.63, 3.8) is 0 Å². The summed E-state index contributed by atoms with van der Waals surface area (Å²) in [6.45, 7) is 7.36. The number of carbonyl (C=O) groups is 2. The molecule has 0 saturated carbocycles. The van der Waals surface area contributed by atoms with Gasteiger partial charge in [0.1, 0.15) is 11.6 Å². The number of hydrogen-bond donors (Lipinski definition) is 0. The number of aryl methyl sites for hydroxylation is 2. The lowest BCUT2D eigenvalue weighted by atomic mass is 9.98. The van der Waals surface area contributed by atoms with Gasteiger partial charge in [0, 0.05) is 45.0 Å². The molecule has 2 aliphatic heterocycles. The molecule has 1 aromatic carbocycles. The molecule has 7 nitrogen and oxygen atoms in total. The van der Waals surface area contributed by atoms with Crippen LogP contribution < -0.4 is 4.74 Å². The minimum atomic E-state index is 0.0239. The number of carbonyl (C=O) groups excluding carboxylic acids is 2. The zero-order valence-electron chi connectivity index (χ0n) is 19.2. The fraction of sp³-hybridized carbons (Fsp3) is 0.560. The first-order chi connectivity index (χ1) is 15.6. The van der Waals surface area contributed by atoms with Gasteiger partial charge in [-0.1, -0.05) is 18.6 Å². The Morgan fingerprint density at radius 2 is 2.03 bits per heavy atom. The molecule has 0 N–H and O–H groups in total. The van der Waals surface area contributed by atoms with Gasteiger partial charge in [0.25, 0.3) is 5.91 Å². The maximum atomic E-state index is 13.5. The van der Waals surface area contributed by atoms with Crippen molar-refractivity contribution in [3.05, 3.63) is 48.0 Å². The normalized spacial score (nSPS) is 20.7. The SMILES string of the molecule is CCOc1ccccc1C(=O)N1CCCC[C@H]2CN(C(=O)CCCn3ccnc3C)C[C@H]21. The molecule has 7 heteroatoms. The van der Waals surface area contributed by atoms with E-state index < -0.39 is 0 Å². The Labute approximate surface area is 190 Å². The minimum Gasteiger partial charge on any atom is -0.493 e. The number of amides is 2. The molecule has 1 aromatic heterocycles. The van der Waals surface area contributed by atoms with Gasteiger partial charge in [-0.3, -0.25) is 9.59 Å². The van der Waals surface area contributed by atoms with Gasteiger partial charge >= 0.3 is 0 Å². The maximum Gasteiger partial charge on any atom is 0.257 e. The zero-order chi connectivity index (χ0) is 22.5. The molecule has 172 valence electrons. The Hall–Kier alpha value is -2.83. The second kappa shape index (κ2) is 10.2. The molecule has 2 amide bonds.